The van der Waals surface area contributed by atoms with Crippen molar-refractivity contribution in [1.82, 2.24) is 0 Å². The molecule has 4 rings (SSSR count). The fourth-order valence-electron chi connectivity index (χ4n) is 6.46. The van der Waals surface area contributed by atoms with Gasteiger partial charge >= 0.3 is 0 Å². The van der Waals surface area contributed by atoms with Gasteiger partial charge in [-0.2, -0.15) is 0 Å². The second-order valence-corrected chi connectivity index (χ2v) is 9.97. The van der Waals surface area contributed by atoms with Gasteiger partial charge in [-0.25, -0.2) is 4.39 Å². The number of unbranched alkanes of at least 4 members (excludes halogenated alkanes) is 2. The highest BCUT2D eigenvalue weighted by Crippen LogP contribution is 2.48. The molecule has 2 heteroatoms. The van der Waals surface area contributed by atoms with Crippen molar-refractivity contribution in [1.29, 1.82) is 0 Å². The van der Waals surface area contributed by atoms with Gasteiger partial charge in [-0.1, -0.05) is 31.9 Å². The first-order valence-electron chi connectivity index (χ1n) is 12.3. The standard InChI is InChI=1S/C27H39FO/c1-2-3-4-15-29-27-12-11-25-18-24(9-10-26(25)19-27)23-8-7-21-16-20(13-14-28)5-6-22(21)17-23/h11-14,19-24H,2-10,15-18H2,1H3. The summed E-state index contributed by atoms with van der Waals surface area (Å²) in [6.45, 7) is 3.08. The van der Waals surface area contributed by atoms with E-state index in [1.165, 1.54) is 76.2 Å². The van der Waals surface area contributed by atoms with Crippen molar-refractivity contribution in [3.63, 3.8) is 0 Å². The van der Waals surface area contributed by atoms with E-state index in [-0.39, 0.29) is 0 Å². The minimum atomic E-state index is 0.498. The Morgan fingerprint density at radius 3 is 2.55 bits per heavy atom. The van der Waals surface area contributed by atoms with Gasteiger partial charge in [0.2, 0.25) is 0 Å². The highest BCUT2D eigenvalue weighted by molar-refractivity contribution is 5.37. The lowest BCUT2D eigenvalue weighted by molar-refractivity contribution is 0.0809. The van der Waals surface area contributed by atoms with Crippen molar-refractivity contribution in [2.75, 3.05) is 6.61 Å². The van der Waals surface area contributed by atoms with E-state index >= 15 is 0 Å². The minimum absolute atomic E-state index is 0.498. The van der Waals surface area contributed by atoms with Crippen LogP contribution in [0, 0.1) is 29.6 Å². The summed E-state index contributed by atoms with van der Waals surface area (Å²) in [6.07, 6.45) is 18.0. The van der Waals surface area contributed by atoms with E-state index in [4.69, 9.17) is 4.74 Å². The molecule has 3 aliphatic rings. The molecule has 2 fully saturated rings. The van der Waals surface area contributed by atoms with Crippen LogP contribution in [-0.4, -0.2) is 6.61 Å². The second kappa shape index (κ2) is 10.1. The van der Waals surface area contributed by atoms with Crippen LogP contribution in [0.4, 0.5) is 4.39 Å². The lowest BCUT2D eigenvalue weighted by Crippen LogP contribution is -2.34. The summed E-state index contributed by atoms with van der Waals surface area (Å²) < 4.78 is 18.5. The third kappa shape index (κ3) is 5.25. The summed E-state index contributed by atoms with van der Waals surface area (Å²) in [5.74, 6) is 5.09. The van der Waals surface area contributed by atoms with Crippen LogP contribution in [0.3, 0.4) is 0 Å². The molecule has 0 N–H and O–H groups in total. The molecule has 0 radical (unpaired) electrons. The molecule has 0 spiro atoms. The van der Waals surface area contributed by atoms with Gasteiger partial charge in [0, 0.05) is 0 Å². The van der Waals surface area contributed by atoms with Crippen LogP contribution in [0.15, 0.2) is 30.6 Å². The Morgan fingerprint density at radius 2 is 1.72 bits per heavy atom. The molecule has 29 heavy (non-hydrogen) atoms. The minimum Gasteiger partial charge on any atom is -0.494 e. The Kier molecular flexibility index (Phi) is 7.32. The van der Waals surface area contributed by atoms with E-state index in [1.807, 2.05) is 6.08 Å². The molecular weight excluding hydrogens is 359 g/mol. The molecule has 0 heterocycles. The number of halogens is 1. The van der Waals surface area contributed by atoms with Crippen LogP contribution in [0.5, 0.6) is 5.75 Å². The summed E-state index contributed by atoms with van der Waals surface area (Å²) in [5.41, 5.74) is 3.10. The smallest absolute Gasteiger partial charge is 0.119 e. The molecule has 2 saturated carbocycles. The topological polar surface area (TPSA) is 9.23 Å². The zero-order valence-electron chi connectivity index (χ0n) is 18.3. The van der Waals surface area contributed by atoms with E-state index in [1.54, 1.807) is 5.56 Å². The van der Waals surface area contributed by atoms with Crippen LogP contribution in [-0.2, 0) is 12.8 Å². The molecule has 1 aromatic carbocycles. The number of hydrogen-bond acceptors (Lipinski definition) is 1. The normalized spacial score (nSPS) is 32.0. The Morgan fingerprint density at radius 1 is 0.931 bits per heavy atom. The van der Waals surface area contributed by atoms with Crippen LogP contribution in [0.25, 0.3) is 0 Å². The molecule has 0 saturated heterocycles. The van der Waals surface area contributed by atoms with Crippen molar-refractivity contribution in [2.24, 2.45) is 29.6 Å². The first-order valence-corrected chi connectivity index (χ1v) is 12.3. The molecular formula is C27H39FO. The van der Waals surface area contributed by atoms with Crippen molar-refractivity contribution < 1.29 is 9.13 Å². The fraction of sp³-hybridized carbons (Fsp3) is 0.704. The SMILES string of the molecule is CCCCCOc1ccc2c(c1)CCC(C1CCC3CC(C=CF)CCC3C1)C2. The largest absolute Gasteiger partial charge is 0.494 e. The van der Waals surface area contributed by atoms with E-state index < -0.39 is 0 Å². The quantitative estimate of drug-likeness (QED) is 0.428. The average Bonchev–Trinajstić information content (AvgIpc) is 2.76. The summed E-state index contributed by atoms with van der Waals surface area (Å²) >= 11 is 0. The number of fused-ring (bicyclic) bond motifs is 2. The molecule has 0 aromatic heterocycles. The number of benzene rings is 1. The number of ether oxygens (including phenoxy) is 1. The number of allylic oxidation sites excluding steroid dienone is 1. The summed E-state index contributed by atoms with van der Waals surface area (Å²) in [5, 5.41) is 0. The molecule has 1 aromatic rings. The fourth-order valence-corrected chi connectivity index (χ4v) is 6.46. The van der Waals surface area contributed by atoms with E-state index in [0.717, 1.165) is 48.8 Å². The molecule has 0 aliphatic heterocycles. The Balaban J connectivity index is 1.30. The highest BCUT2D eigenvalue weighted by atomic mass is 19.1. The predicted octanol–water partition coefficient (Wildman–Crippen LogP) is 7.68. The predicted molar refractivity (Wildman–Crippen MR) is 119 cm³/mol. The molecule has 1 nitrogen and oxygen atoms in total. The Hall–Kier alpha value is -1.31. The van der Waals surface area contributed by atoms with Gasteiger partial charge in [0.15, 0.2) is 0 Å². The third-order valence-corrected chi connectivity index (χ3v) is 8.17. The van der Waals surface area contributed by atoms with Gasteiger partial charge in [0.05, 0.1) is 12.9 Å². The average molecular weight is 399 g/mol. The van der Waals surface area contributed by atoms with Crippen molar-refractivity contribution in [2.45, 2.75) is 84.0 Å². The monoisotopic (exact) mass is 398 g/mol. The molecule has 5 atom stereocenters. The lowest BCUT2D eigenvalue weighted by atomic mass is 9.61. The van der Waals surface area contributed by atoms with Crippen LogP contribution >= 0.6 is 0 Å². The first-order chi connectivity index (χ1) is 14.3. The Labute approximate surface area is 177 Å². The maximum Gasteiger partial charge on any atom is 0.119 e. The summed E-state index contributed by atoms with van der Waals surface area (Å²) in [6, 6.07) is 6.86. The van der Waals surface area contributed by atoms with Crippen LogP contribution in [0.2, 0.25) is 0 Å². The van der Waals surface area contributed by atoms with E-state index in [0.29, 0.717) is 5.92 Å². The number of aryl methyl sites for hydroxylation is 1. The van der Waals surface area contributed by atoms with Gasteiger partial charge in [-0.3, -0.25) is 0 Å². The van der Waals surface area contributed by atoms with Gasteiger partial charge in [-0.15, -0.1) is 0 Å². The zero-order chi connectivity index (χ0) is 20.1. The van der Waals surface area contributed by atoms with Crippen molar-refractivity contribution >= 4 is 0 Å². The molecule has 5 unspecified atom stereocenters. The van der Waals surface area contributed by atoms with Gasteiger partial charge in [0.1, 0.15) is 5.75 Å². The summed E-state index contributed by atoms with van der Waals surface area (Å²) in [4.78, 5) is 0. The molecule has 160 valence electrons. The highest BCUT2D eigenvalue weighted by Gasteiger charge is 2.38. The van der Waals surface area contributed by atoms with Gasteiger partial charge in [-0.05, 0) is 117 Å². The second-order valence-electron chi connectivity index (χ2n) is 9.97. The molecule has 3 aliphatic carbocycles. The Bertz CT molecular complexity index is 681. The van der Waals surface area contributed by atoms with Crippen LogP contribution < -0.4 is 4.74 Å². The van der Waals surface area contributed by atoms with Crippen LogP contribution in [0.1, 0.15) is 82.3 Å². The van der Waals surface area contributed by atoms with E-state index in [9.17, 15) is 4.39 Å². The number of rotatable bonds is 7. The maximum absolute atomic E-state index is 12.6. The van der Waals surface area contributed by atoms with E-state index in [2.05, 4.69) is 25.1 Å². The summed E-state index contributed by atoms with van der Waals surface area (Å²) in [7, 11) is 0. The maximum atomic E-state index is 12.6. The third-order valence-electron chi connectivity index (χ3n) is 8.17. The van der Waals surface area contributed by atoms with Gasteiger partial charge < -0.3 is 4.74 Å². The molecule has 0 bridgehead atoms. The first kappa shape index (κ1) is 20.9. The number of hydrogen-bond donors (Lipinski definition) is 0. The lowest BCUT2D eigenvalue weighted by Gasteiger charge is -2.44. The van der Waals surface area contributed by atoms with Gasteiger partial charge in [0.25, 0.3) is 0 Å². The molecule has 0 amide bonds. The zero-order valence-corrected chi connectivity index (χ0v) is 18.3. The van der Waals surface area contributed by atoms with Crippen molar-refractivity contribution in [3.05, 3.63) is 41.7 Å². The van der Waals surface area contributed by atoms with Crippen molar-refractivity contribution in [3.8, 4) is 5.75 Å².